The Morgan fingerprint density at radius 3 is 2.82 bits per heavy atom. The number of hydrogen-bond donors (Lipinski definition) is 1. The quantitative estimate of drug-likeness (QED) is 0.944. The molecule has 0 aliphatic rings. The van der Waals surface area contributed by atoms with Crippen LogP contribution >= 0.6 is 27.3 Å². The Hall–Kier alpha value is -0.720. The van der Waals surface area contributed by atoms with Crippen molar-refractivity contribution in [2.75, 3.05) is 0 Å². The maximum absolute atomic E-state index is 6.18. The molecule has 0 aliphatic heterocycles. The molecule has 0 aliphatic carbocycles. The van der Waals surface area contributed by atoms with Gasteiger partial charge in [-0.1, -0.05) is 0 Å². The van der Waals surface area contributed by atoms with Crippen LogP contribution in [0, 0.1) is 0 Å². The van der Waals surface area contributed by atoms with E-state index in [0.717, 1.165) is 14.5 Å². The number of nitrogens with two attached hydrogens (primary N) is 1. The SMILES string of the molecule is CC(C)n1ncnc1CC(N)c1ccc(Br)s1. The van der Waals surface area contributed by atoms with Gasteiger partial charge in [0, 0.05) is 23.4 Å². The number of hydrogen-bond acceptors (Lipinski definition) is 4. The van der Waals surface area contributed by atoms with Gasteiger partial charge in [0.15, 0.2) is 0 Å². The monoisotopic (exact) mass is 314 g/mol. The van der Waals surface area contributed by atoms with Gasteiger partial charge in [-0.05, 0) is 41.9 Å². The average molecular weight is 315 g/mol. The first kappa shape index (κ1) is 12.7. The zero-order valence-electron chi connectivity index (χ0n) is 9.80. The molecule has 1 unspecified atom stereocenters. The molecule has 0 radical (unpaired) electrons. The molecule has 4 nitrogen and oxygen atoms in total. The summed E-state index contributed by atoms with van der Waals surface area (Å²) in [5.74, 6) is 0.942. The minimum atomic E-state index is -0.0204. The van der Waals surface area contributed by atoms with Gasteiger partial charge in [-0.25, -0.2) is 9.67 Å². The Kier molecular flexibility index (Phi) is 3.96. The van der Waals surface area contributed by atoms with E-state index in [-0.39, 0.29) is 6.04 Å². The third kappa shape index (κ3) is 2.94. The molecule has 2 aromatic heterocycles. The summed E-state index contributed by atoms with van der Waals surface area (Å²) < 4.78 is 3.02. The zero-order valence-corrected chi connectivity index (χ0v) is 12.2. The molecule has 0 aromatic carbocycles. The van der Waals surface area contributed by atoms with Crippen LogP contribution in [0.4, 0.5) is 0 Å². The summed E-state index contributed by atoms with van der Waals surface area (Å²) in [6, 6.07) is 4.37. The lowest BCUT2D eigenvalue weighted by Crippen LogP contribution is -2.17. The molecular formula is C11H15BrN4S. The molecule has 2 N–H and O–H groups in total. The molecule has 1 atom stereocenters. The molecule has 0 fully saturated rings. The van der Waals surface area contributed by atoms with Crippen LogP contribution in [-0.4, -0.2) is 14.8 Å². The lowest BCUT2D eigenvalue weighted by Gasteiger charge is -2.12. The molecule has 0 spiro atoms. The molecule has 6 heteroatoms. The van der Waals surface area contributed by atoms with E-state index in [2.05, 4.69) is 45.9 Å². The van der Waals surface area contributed by atoms with Gasteiger partial charge in [0.25, 0.3) is 0 Å². The molecule has 0 saturated heterocycles. The van der Waals surface area contributed by atoms with E-state index in [1.54, 1.807) is 17.7 Å². The Labute approximate surface area is 113 Å². The predicted octanol–water partition coefficient (Wildman–Crippen LogP) is 2.93. The van der Waals surface area contributed by atoms with Gasteiger partial charge in [0.1, 0.15) is 12.2 Å². The molecule has 0 bridgehead atoms. The van der Waals surface area contributed by atoms with Gasteiger partial charge in [-0.15, -0.1) is 11.3 Å². The smallest absolute Gasteiger partial charge is 0.138 e. The molecule has 17 heavy (non-hydrogen) atoms. The Balaban J connectivity index is 2.13. The fraction of sp³-hybridized carbons (Fsp3) is 0.455. The van der Waals surface area contributed by atoms with Gasteiger partial charge >= 0.3 is 0 Å². The van der Waals surface area contributed by atoms with E-state index in [9.17, 15) is 0 Å². The van der Waals surface area contributed by atoms with Crippen molar-refractivity contribution in [2.24, 2.45) is 5.73 Å². The van der Waals surface area contributed by atoms with Gasteiger partial charge < -0.3 is 5.73 Å². The topological polar surface area (TPSA) is 56.7 Å². The van der Waals surface area contributed by atoms with E-state index < -0.39 is 0 Å². The largest absolute Gasteiger partial charge is 0.323 e. The second-order valence-corrected chi connectivity index (χ2v) is 6.66. The van der Waals surface area contributed by atoms with Crippen molar-refractivity contribution in [3.8, 4) is 0 Å². The summed E-state index contributed by atoms with van der Waals surface area (Å²) in [5.41, 5.74) is 6.18. The number of nitrogens with zero attached hydrogens (tertiary/aromatic N) is 3. The summed E-state index contributed by atoms with van der Waals surface area (Å²) in [6.07, 6.45) is 2.30. The molecule has 0 amide bonds. The summed E-state index contributed by atoms with van der Waals surface area (Å²) in [7, 11) is 0. The maximum Gasteiger partial charge on any atom is 0.138 e. The first-order chi connectivity index (χ1) is 8.08. The van der Waals surface area contributed by atoms with Crippen LogP contribution in [0.2, 0.25) is 0 Å². The normalized spacial score (nSPS) is 13.2. The van der Waals surface area contributed by atoms with E-state index in [1.807, 2.05) is 10.7 Å². The van der Waals surface area contributed by atoms with Crippen molar-refractivity contribution in [2.45, 2.75) is 32.4 Å². The highest BCUT2D eigenvalue weighted by atomic mass is 79.9. The van der Waals surface area contributed by atoms with Crippen LogP contribution in [0.5, 0.6) is 0 Å². The average Bonchev–Trinajstić information content (AvgIpc) is 2.86. The summed E-state index contributed by atoms with van der Waals surface area (Å²) in [5, 5.41) is 4.21. The molecular weight excluding hydrogens is 300 g/mol. The number of aromatic nitrogens is 3. The van der Waals surface area contributed by atoms with E-state index in [0.29, 0.717) is 12.5 Å². The van der Waals surface area contributed by atoms with Crippen molar-refractivity contribution >= 4 is 27.3 Å². The van der Waals surface area contributed by atoms with Crippen molar-refractivity contribution in [3.05, 3.63) is 32.9 Å². The minimum Gasteiger partial charge on any atom is -0.323 e. The molecule has 2 heterocycles. The third-order valence-corrected chi connectivity index (χ3v) is 4.25. The lowest BCUT2D eigenvalue weighted by molar-refractivity contribution is 0.494. The van der Waals surface area contributed by atoms with Gasteiger partial charge in [0.2, 0.25) is 0 Å². The van der Waals surface area contributed by atoms with Gasteiger partial charge in [-0.2, -0.15) is 5.10 Å². The maximum atomic E-state index is 6.18. The van der Waals surface area contributed by atoms with Crippen molar-refractivity contribution in [3.63, 3.8) is 0 Å². The van der Waals surface area contributed by atoms with Crippen LogP contribution in [0.15, 0.2) is 22.2 Å². The summed E-state index contributed by atoms with van der Waals surface area (Å²) >= 11 is 5.11. The first-order valence-corrected chi connectivity index (χ1v) is 7.08. The Morgan fingerprint density at radius 1 is 1.47 bits per heavy atom. The van der Waals surface area contributed by atoms with E-state index in [1.165, 1.54) is 0 Å². The lowest BCUT2D eigenvalue weighted by atomic mass is 10.2. The molecule has 2 aromatic rings. The second-order valence-electron chi connectivity index (χ2n) is 4.17. The van der Waals surface area contributed by atoms with Crippen molar-refractivity contribution in [1.29, 1.82) is 0 Å². The highest BCUT2D eigenvalue weighted by Crippen LogP contribution is 2.27. The van der Waals surface area contributed by atoms with Crippen LogP contribution in [0.25, 0.3) is 0 Å². The number of halogens is 1. The Morgan fingerprint density at radius 2 is 2.24 bits per heavy atom. The number of thiophene rings is 1. The van der Waals surface area contributed by atoms with Crippen LogP contribution in [0.3, 0.4) is 0 Å². The van der Waals surface area contributed by atoms with E-state index >= 15 is 0 Å². The summed E-state index contributed by atoms with van der Waals surface area (Å²) in [4.78, 5) is 5.44. The second kappa shape index (κ2) is 5.29. The standard InChI is InChI=1S/C11H15BrN4S/c1-7(2)16-11(14-6-15-16)5-8(13)9-3-4-10(12)17-9/h3-4,6-8H,5,13H2,1-2H3. The Bertz CT molecular complexity index is 491. The van der Waals surface area contributed by atoms with Crippen molar-refractivity contribution < 1.29 is 0 Å². The molecule has 92 valence electrons. The fourth-order valence-electron chi connectivity index (χ4n) is 1.68. The van der Waals surface area contributed by atoms with Crippen LogP contribution in [0.1, 0.15) is 36.6 Å². The zero-order chi connectivity index (χ0) is 12.4. The highest BCUT2D eigenvalue weighted by molar-refractivity contribution is 9.11. The third-order valence-electron chi connectivity index (χ3n) is 2.50. The highest BCUT2D eigenvalue weighted by Gasteiger charge is 2.14. The minimum absolute atomic E-state index is 0.0204. The molecule has 2 rings (SSSR count). The predicted molar refractivity (Wildman–Crippen MR) is 73.1 cm³/mol. The van der Waals surface area contributed by atoms with E-state index in [4.69, 9.17) is 5.73 Å². The van der Waals surface area contributed by atoms with Crippen molar-refractivity contribution in [1.82, 2.24) is 14.8 Å². The van der Waals surface area contributed by atoms with Crippen LogP contribution < -0.4 is 5.73 Å². The fourth-order valence-corrected chi connectivity index (χ4v) is 3.10. The van der Waals surface area contributed by atoms with Crippen LogP contribution in [-0.2, 0) is 6.42 Å². The molecule has 0 saturated carbocycles. The van der Waals surface area contributed by atoms with Gasteiger partial charge in [0.05, 0.1) is 3.79 Å². The summed E-state index contributed by atoms with van der Waals surface area (Å²) in [6.45, 7) is 4.18. The first-order valence-electron chi connectivity index (χ1n) is 5.47. The van der Waals surface area contributed by atoms with Gasteiger partial charge in [-0.3, -0.25) is 0 Å². The number of rotatable bonds is 4.